The maximum absolute atomic E-state index is 6.37. The van der Waals surface area contributed by atoms with Gasteiger partial charge in [0.15, 0.2) is 5.65 Å². The Morgan fingerprint density at radius 3 is 2.77 bits per heavy atom. The van der Waals surface area contributed by atoms with Crippen molar-refractivity contribution >= 4 is 38.3 Å². The lowest BCUT2D eigenvalue weighted by Crippen LogP contribution is -2.08. The van der Waals surface area contributed by atoms with E-state index in [2.05, 4.69) is 38.1 Å². The smallest absolute Gasteiger partial charge is 0.165 e. The Labute approximate surface area is 159 Å². The largest absolute Gasteiger partial charge is 0.383 e. The highest BCUT2D eigenvalue weighted by Gasteiger charge is 2.24. The lowest BCUT2D eigenvalue weighted by Gasteiger charge is -2.14. The molecule has 3 heterocycles. The summed E-state index contributed by atoms with van der Waals surface area (Å²) in [6.45, 7) is 0. The minimum atomic E-state index is 0.467. The molecular weight excluding hydrogens is 390 g/mol. The summed E-state index contributed by atoms with van der Waals surface area (Å²) < 4.78 is 2.59. The predicted octanol–water partition coefficient (Wildman–Crippen LogP) is 4.95. The van der Waals surface area contributed by atoms with Crippen molar-refractivity contribution < 1.29 is 0 Å². The highest BCUT2D eigenvalue weighted by Crippen LogP contribution is 2.40. The van der Waals surface area contributed by atoms with E-state index < -0.39 is 0 Å². The summed E-state index contributed by atoms with van der Waals surface area (Å²) in [7, 11) is 0. The molecule has 5 nitrogen and oxygen atoms in total. The normalized spacial score (nSPS) is 15.3. The van der Waals surface area contributed by atoms with Gasteiger partial charge >= 0.3 is 0 Å². The van der Waals surface area contributed by atoms with Gasteiger partial charge in [0, 0.05) is 28.6 Å². The Morgan fingerprint density at radius 2 is 1.92 bits per heavy atom. The van der Waals surface area contributed by atoms with Gasteiger partial charge in [-0.05, 0) is 40.9 Å². The molecule has 3 aromatic heterocycles. The number of anilines is 1. The van der Waals surface area contributed by atoms with Gasteiger partial charge in [-0.1, -0.05) is 31.0 Å². The van der Waals surface area contributed by atoms with E-state index in [1.165, 1.54) is 25.7 Å². The molecule has 26 heavy (non-hydrogen) atoms. The van der Waals surface area contributed by atoms with Crippen LogP contribution in [0.25, 0.3) is 27.7 Å². The van der Waals surface area contributed by atoms with Crippen molar-refractivity contribution in [2.45, 2.75) is 31.6 Å². The maximum Gasteiger partial charge on any atom is 0.165 e. The molecule has 130 valence electrons. The maximum atomic E-state index is 6.37. The highest BCUT2D eigenvalue weighted by molar-refractivity contribution is 9.10. The molecule has 5 rings (SSSR count). The molecule has 0 amide bonds. The van der Waals surface area contributed by atoms with E-state index in [0.29, 0.717) is 11.7 Å². The molecule has 1 aliphatic carbocycles. The monoisotopic (exact) mass is 407 g/mol. The van der Waals surface area contributed by atoms with Crippen LogP contribution in [-0.2, 0) is 0 Å². The summed E-state index contributed by atoms with van der Waals surface area (Å²) in [6, 6.07) is 10.2. The zero-order valence-electron chi connectivity index (χ0n) is 14.2. The number of pyridine rings is 1. The molecule has 6 heteroatoms. The molecule has 1 saturated carbocycles. The van der Waals surface area contributed by atoms with Crippen LogP contribution in [0.1, 0.15) is 37.3 Å². The van der Waals surface area contributed by atoms with Gasteiger partial charge in [-0.15, -0.1) is 0 Å². The summed E-state index contributed by atoms with van der Waals surface area (Å²) in [5.74, 6) is 1.08. The average Bonchev–Trinajstić information content (AvgIpc) is 3.34. The minimum absolute atomic E-state index is 0.467. The van der Waals surface area contributed by atoms with Crippen molar-refractivity contribution in [1.82, 2.24) is 19.6 Å². The van der Waals surface area contributed by atoms with E-state index in [1.54, 1.807) is 4.52 Å². The topological polar surface area (TPSA) is 69.1 Å². The van der Waals surface area contributed by atoms with Crippen molar-refractivity contribution in [3.05, 3.63) is 52.9 Å². The minimum Gasteiger partial charge on any atom is -0.383 e. The molecule has 1 fully saturated rings. The Balaban J connectivity index is 1.72. The molecule has 0 spiro atoms. The molecule has 4 aromatic rings. The molecule has 2 N–H and O–H groups in total. The van der Waals surface area contributed by atoms with Crippen molar-refractivity contribution in [1.29, 1.82) is 0 Å². The molecule has 0 radical (unpaired) electrons. The van der Waals surface area contributed by atoms with Crippen LogP contribution in [0, 0.1) is 0 Å². The van der Waals surface area contributed by atoms with Crippen molar-refractivity contribution in [2.75, 3.05) is 5.73 Å². The lowest BCUT2D eigenvalue weighted by molar-refractivity contribution is 0.691. The van der Waals surface area contributed by atoms with Crippen LogP contribution in [0.15, 0.2) is 47.2 Å². The average molecular weight is 408 g/mol. The van der Waals surface area contributed by atoms with E-state index in [4.69, 9.17) is 10.7 Å². The first-order valence-electron chi connectivity index (χ1n) is 8.90. The van der Waals surface area contributed by atoms with Crippen LogP contribution in [0.5, 0.6) is 0 Å². The number of fused-ring (bicyclic) bond motifs is 2. The number of halogens is 1. The molecule has 0 saturated heterocycles. The first-order valence-corrected chi connectivity index (χ1v) is 9.69. The molecule has 0 bridgehead atoms. The summed E-state index contributed by atoms with van der Waals surface area (Å²) in [4.78, 5) is 9.56. The second kappa shape index (κ2) is 6.06. The number of hydrogen-bond acceptors (Lipinski definition) is 4. The van der Waals surface area contributed by atoms with Crippen LogP contribution in [0.2, 0.25) is 0 Å². The molecular formula is C20H18BrN5. The summed E-state index contributed by atoms with van der Waals surface area (Å²) in [5, 5.41) is 5.58. The van der Waals surface area contributed by atoms with Gasteiger partial charge in [0.2, 0.25) is 0 Å². The van der Waals surface area contributed by atoms with Crippen LogP contribution >= 0.6 is 15.9 Å². The van der Waals surface area contributed by atoms with Crippen LogP contribution in [0.4, 0.5) is 5.82 Å². The third-order valence-electron chi connectivity index (χ3n) is 5.29. The Kier molecular flexibility index (Phi) is 3.67. The number of nitrogens with two attached hydrogens (primary N) is 1. The first kappa shape index (κ1) is 15.8. The van der Waals surface area contributed by atoms with Gasteiger partial charge in [0.05, 0.1) is 21.9 Å². The standard InChI is InChI=1S/C20H18BrN5/c21-17-18(12-5-1-2-6-12)25-20-15(11-24-26(20)19(17)22)14-9-13-7-3-4-8-16(13)23-10-14/h3-4,7-12H,1-2,5-6,22H2. The number of aromatic nitrogens is 4. The van der Waals surface area contributed by atoms with Crippen molar-refractivity contribution in [3.63, 3.8) is 0 Å². The van der Waals surface area contributed by atoms with E-state index in [1.807, 2.05) is 30.6 Å². The van der Waals surface area contributed by atoms with Crippen molar-refractivity contribution in [3.8, 4) is 11.1 Å². The quantitative estimate of drug-likeness (QED) is 0.510. The Morgan fingerprint density at radius 1 is 1.12 bits per heavy atom. The molecule has 1 aromatic carbocycles. The summed E-state index contributed by atoms with van der Waals surface area (Å²) in [5.41, 5.74) is 11.2. The van der Waals surface area contributed by atoms with E-state index in [-0.39, 0.29) is 0 Å². The second-order valence-corrected chi connectivity index (χ2v) is 7.68. The number of hydrogen-bond donors (Lipinski definition) is 1. The molecule has 0 aliphatic heterocycles. The van der Waals surface area contributed by atoms with E-state index >= 15 is 0 Å². The number of nitrogens with zero attached hydrogens (tertiary/aromatic N) is 4. The second-order valence-electron chi connectivity index (χ2n) is 6.89. The predicted molar refractivity (Wildman–Crippen MR) is 107 cm³/mol. The summed E-state index contributed by atoms with van der Waals surface area (Å²) >= 11 is 3.65. The highest BCUT2D eigenvalue weighted by atomic mass is 79.9. The Hall–Kier alpha value is -2.47. The molecule has 0 unspecified atom stereocenters. The number of rotatable bonds is 2. The SMILES string of the molecule is Nc1c(Br)c(C2CCCC2)nc2c(-c3cnc4ccccc4c3)cnn12. The zero-order chi connectivity index (χ0) is 17.7. The van der Waals surface area contributed by atoms with Crippen molar-refractivity contribution in [2.24, 2.45) is 0 Å². The van der Waals surface area contributed by atoms with Crippen LogP contribution in [-0.4, -0.2) is 19.6 Å². The van der Waals surface area contributed by atoms with Gasteiger partial charge in [0.25, 0.3) is 0 Å². The Bertz CT molecular complexity index is 1130. The molecule has 1 aliphatic rings. The van der Waals surface area contributed by atoms with Gasteiger partial charge in [0.1, 0.15) is 5.82 Å². The fraction of sp³-hybridized carbons (Fsp3) is 0.250. The third kappa shape index (κ3) is 2.40. The zero-order valence-corrected chi connectivity index (χ0v) is 15.8. The third-order valence-corrected chi connectivity index (χ3v) is 6.10. The summed E-state index contributed by atoms with van der Waals surface area (Å²) in [6.07, 6.45) is 8.56. The van der Waals surface area contributed by atoms with E-state index in [0.717, 1.165) is 37.8 Å². The first-order chi connectivity index (χ1) is 12.7. The van der Waals surface area contributed by atoms with Gasteiger partial charge in [-0.3, -0.25) is 4.98 Å². The number of benzene rings is 1. The fourth-order valence-electron chi connectivity index (χ4n) is 3.90. The lowest BCUT2D eigenvalue weighted by atomic mass is 10.0. The van der Waals surface area contributed by atoms with Gasteiger partial charge < -0.3 is 5.73 Å². The van der Waals surface area contributed by atoms with Gasteiger partial charge in [-0.25, -0.2) is 4.98 Å². The molecule has 0 atom stereocenters. The van der Waals surface area contributed by atoms with Crippen LogP contribution in [0.3, 0.4) is 0 Å². The number of para-hydroxylation sites is 1. The fourth-order valence-corrected chi connectivity index (χ4v) is 4.49. The number of nitrogen functional groups attached to an aromatic ring is 1. The van der Waals surface area contributed by atoms with Gasteiger partial charge in [-0.2, -0.15) is 9.61 Å². The van der Waals surface area contributed by atoms with Crippen LogP contribution < -0.4 is 5.73 Å². The van der Waals surface area contributed by atoms with E-state index in [9.17, 15) is 0 Å².